The second kappa shape index (κ2) is 7.10. The molecule has 0 aliphatic heterocycles. The van der Waals surface area contributed by atoms with E-state index in [0.717, 1.165) is 6.08 Å². The van der Waals surface area contributed by atoms with Crippen molar-refractivity contribution in [1.29, 1.82) is 0 Å². The van der Waals surface area contributed by atoms with Gasteiger partial charge in [0.2, 0.25) is 0 Å². The summed E-state index contributed by atoms with van der Waals surface area (Å²) >= 11 is 0. The number of esters is 1. The Morgan fingerprint density at radius 3 is 2.73 bits per heavy atom. The maximum absolute atomic E-state index is 10.4. The molecule has 0 bridgehead atoms. The maximum atomic E-state index is 10.4. The van der Waals surface area contributed by atoms with Crippen molar-refractivity contribution in [2.24, 2.45) is 0 Å². The Kier molecular flexibility index (Phi) is 8.17. The Morgan fingerprint density at radius 1 is 1.82 bits per heavy atom. The van der Waals surface area contributed by atoms with Gasteiger partial charge in [-0.25, -0.2) is 4.79 Å². The fourth-order valence-electron chi connectivity index (χ4n) is 0.322. The summed E-state index contributed by atoms with van der Waals surface area (Å²) in [7, 11) is 0. The molecular formula is C6H7NNiO3. The van der Waals surface area contributed by atoms with Crippen molar-refractivity contribution in [3.05, 3.63) is 23.4 Å². The van der Waals surface area contributed by atoms with Gasteiger partial charge in [0.05, 0.1) is 19.3 Å². The average Bonchev–Trinajstić information content (AvgIpc) is 1.88. The fraction of sp³-hybridized carbons (Fsp3) is 0.333. The summed E-state index contributed by atoms with van der Waals surface area (Å²) in [5, 5.41) is 8.46. The number of aliphatic hydroxyl groups is 1. The van der Waals surface area contributed by atoms with E-state index in [1.54, 1.807) is 6.92 Å². The van der Waals surface area contributed by atoms with Crippen LogP contribution in [0.4, 0.5) is 0 Å². The Balaban J connectivity index is 0. The SMILES string of the molecule is [C-]#[N+]/C(O)=C/C(=O)OCC.[Ni]. The molecule has 0 fully saturated rings. The minimum atomic E-state index is -0.698. The van der Waals surface area contributed by atoms with E-state index in [1.165, 1.54) is 0 Å². The van der Waals surface area contributed by atoms with Crippen molar-refractivity contribution in [3.63, 3.8) is 0 Å². The standard InChI is InChI=1S/C6H7NO3.Ni/c1-3-10-6(9)4-5(8)7-2;/h4,8H,3H2,1H3;/b5-4-;. The van der Waals surface area contributed by atoms with Gasteiger partial charge >= 0.3 is 11.9 Å². The Hall–Kier alpha value is -1.01. The molecule has 11 heavy (non-hydrogen) atoms. The van der Waals surface area contributed by atoms with Gasteiger partial charge < -0.3 is 9.84 Å². The molecule has 0 saturated heterocycles. The van der Waals surface area contributed by atoms with Gasteiger partial charge in [-0.15, -0.1) is 0 Å². The zero-order valence-corrected chi connectivity index (χ0v) is 6.80. The van der Waals surface area contributed by atoms with Crippen LogP contribution in [-0.4, -0.2) is 17.7 Å². The molecule has 64 valence electrons. The number of hydrogen-bond donors (Lipinski definition) is 1. The first-order valence-electron chi connectivity index (χ1n) is 2.65. The second-order valence-corrected chi connectivity index (χ2v) is 1.37. The molecule has 0 aromatic heterocycles. The summed E-state index contributed by atoms with van der Waals surface area (Å²) in [6, 6.07) is 0. The Labute approximate surface area is 74.6 Å². The number of nitrogens with zero attached hydrogens (tertiary/aromatic N) is 1. The molecule has 0 unspecified atom stereocenters. The van der Waals surface area contributed by atoms with E-state index in [-0.39, 0.29) is 23.1 Å². The molecule has 4 nitrogen and oxygen atoms in total. The summed E-state index contributed by atoms with van der Waals surface area (Å²) in [5.41, 5.74) is 0. The minimum absolute atomic E-state index is 0. The summed E-state index contributed by atoms with van der Waals surface area (Å²) < 4.78 is 4.40. The van der Waals surface area contributed by atoms with E-state index in [1.807, 2.05) is 0 Å². The van der Waals surface area contributed by atoms with E-state index in [9.17, 15) is 4.79 Å². The summed E-state index contributed by atoms with van der Waals surface area (Å²) in [5.74, 6) is -1.35. The van der Waals surface area contributed by atoms with Gasteiger partial charge in [-0.1, -0.05) is 0 Å². The van der Waals surface area contributed by atoms with Crippen LogP contribution >= 0.6 is 0 Å². The van der Waals surface area contributed by atoms with Gasteiger partial charge in [0, 0.05) is 16.5 Å². The zero-order chi connectivity index (χ0) is 7.98. The molecule has 5 heteroatoms. The normalized spacial score (nSPS) is 9.27. The van der Waals surface area contributed by atoms with Gasteiger partial charge in [-0.3, -0.25) is 0 Å². The maximum Gasteiger partial charge on any atom is 0.345 e. The van der Waals surface area contributed by atoms with Crippen molar-refractivity contribution >= 4 is 5.97 Å². The predicted octanol–water partition coefficient (Wildman–Crippen LogP) is 0.866. The molecule has 0 aliphatic carbocycles. The number of rotatable bonds is 2. The molecule has 0 atom stereocenters. The van der Waals surface area contributed by atoms with E-state index in [0.29, 0.717) is 0 Å². The van der Waals surface area contributed by atoms with Crippen LogP contribution in [0.3, 0.4) is 0 Å². The monoisotopic (exact) mass is 199 g/mol. The largest absolute Gasteiger partial charge is 0.532 e. The quantitative estimate of drug-likeness (QED) is 0.236. The van der Waals surface area contributed by atoms with Gasteiger partial charge in [0.1, 0.15) is 0 Å². The van der Waals surface area contributed by atoms with Gasteiger partial charge in [0.25, 0.3) is 0 Å². The zero-order valence-electron chi connectivity index (χ0n) is 5.81. The molecule has 0 aliphatic rings. The second-order valence-electron chi connectivity index (χ2n) is 1.37. The van der Waals surface area contributed by atoms with Crippen LogP contribution in [0, 0.1) is 6.57 Å². The van der Waals surface area contributed by atoms with Gasteiger partial charge in [-0.05, 0) is 6.92 Å². The third-order valence-corrected chi connectivity index (χ3v) is 0.648. The topological polar surface area (TPSA) is 50.9 Å². The first kappa shape index (κ1) is 12.7. The number of aliphatic hydroxyl groups excluding tert-OH is 1. The first-order chi connectivity index (χ1) is 4.70. The van der Waals surface area contributed by atoms with Crippen LogP contribution in [0.5, 0.6) is 0 Å². The van der Waals surface area contributed by atoms with Crippen LogP contribution in [0.25, 0.3) is 4.85 Å². The van der Waals surface area contributed by atoms with Crippen molar-refractivity contribution in [3.8, 4) is 0 Å². The Morgan fingerprint density at radius 2 is 2.36 bits per heavy atom. The fourth-order valence-corrected chi connectivity index (χ4v) is 0.322. The summed E-state index contributed by atoms with van der Waals surface area (Å²) in [6.45, 7) is 8.11. The van der Waals surface area contributed by atoms with E-state index < -0.39 is 11.9 Å². The molecule has 0 amide bonds. The molecule has 0 saturated carbocycles. The third-order valence-electron chi connectivity index (χ3n) is 0.648. The Bertz CT molecular complexity index is 194. The number of carbonyl (C=O) groups excluding carboxylic acids is 1. The summed E-state index contributed by atoms with van der Waals surface area (Å²) in [4.78, 5) is 13.0. The van der Waals surface area contributed by atoms with Crippen molar-refractivity contribution in [2.45, 2.75) is 6.92 Å². The van der Waals surface area contributed by atoms with Gasteiger partial charge in [-0.2, -0.15) is 4.85 Å². The van der Waals surface area contributed by atoms with Crippen molar-refractivity contribution < 1.29 is 31.1 Å². The van der Waals surface area contributed by atoms with E-state index in [2.05, 4.69) is 9.58 Å². The van der Waals surface area contributed by atoms with Crippen molar-refractivity contribution in [2.75, 3.05) is 6.61 Å². The molecular weight excluding hydrogens is 193 g/mol. The molecule has 0 heterocycles. The number of carbonyl (C=O) groups is 1. The molecule has 0 spiro atoms. The van der Waals surface area contributed by atoms with Crippen LogP contribution in [-0.2, 0) is 26.0 Å². The first-order valence-corrected chi connectivity index (χ1v) is 2.65. The smallest absolute Gasteiger partial charge is 0.345 e. The minimum Gasteiger partial charge on any atom is -0.532 e. The van der Waals surface area contributed by atoms with Crippen LogP contribution < -0.4 is 0 Å². The van der Waals surface area contributed by atoms with E-state index >= 15 is 0 Å². The molecule has 1 N–H and O–H groups in total. The number of ether oxygens (including phenoxy) is 1. The van der Waals surface area contributed by atoms with E-state index in [4.69, 9.17) is 11.7 Å². The number of hydrogen-bond acceptors (Lipinski definition) is 3. The molecule has 0 rings (SSSR count). The molecule has 0 radical (unpaired) electrons. The average molecular weight is 200 g/mol. The van der Waals surface area contributed by atoms with Crippen LogP contribution in [0.1, 0.15) is 6.92 Å². The molecule has 0 aromatic carbocycles. The summed E-state index contributed by atoms with van der Waals surface area (Å²) in [6.07, 6.45) is 0.733. The van der Waals surface area contributed by atoms with Crippen molar-refractivity contribution in [1.82, 2.24) is 0 Å². The predicted molar refractivity (Wildman–Crippen MR) is 33.9 cm³/mol. The molecule has 0 aromatic rings. The van der Waals surface area contributed by atoms with Crippen LogP contribution in [0.15, 0.2) is 12.0 Å². The van der Waals surface area contributed by atoms with Crippen LogP contribution in [0.2, 0.25) is 0 Å². The van der Waals surface area contributed by atoms with Gasteiger partial charge in [0.15, 0.2) is 0 Å². The third kappa shape index (κ3) is 6.88.